The van der Waals surface area contributed by atoms with E-state index in [0.29, 0.717) is 21.8 Å². The maximum Gasteiger partial charge on any atom is 0.236 e. The van der Waals surface area contributed by atoms with Gasteiger partial charge in [0.2, 0.25) is 5.91 Å². The van der Waals surface area contributed by atoms with Crippen molar-refractivity contribution in [2.24, 2.45) is 7.05 Å². The van der Waals surface area contributed by atoms with E-state index in [-0.39, 0.29) is 17.6 Å². The fourth-order valence-corrected chi connectivity index (χ4v) is 4.15. The van der Waals surface area contributed by atoms with E-state index in [4.69, 9.17) is 9.47 Å². The molecule has 0 fully saturated rings. The molecule has 3 aromatic rings. The SMILES string of the molecule is COc1ccc(-c2csc(NC(=O)CSc3nnc(C(C)C)n3C)n2)c(OC)c1. The fraction of sp³-hybridized carbons (Fsp3) is 0.368. The summed E-state index contributed by atoms with van der Waals surface area (Å²) in [6.07, 6.45) is 0. The average Bonchev–Trinajstić information content (AvgIpc) is 3.32. The number of nitrogens with zero attached hydrogens (tertiary/aromatic N) is 4. The number of ether oxygens (including phenoxy) is 2. The highest BCUT2D eigenvalue weighted by molar-refractivity contribution is 7.99. The lowest BCUT2D eigenvalue weighted by Gasteiger charge is -2.08. The summed E-state index contributed by atoms with van der Waals surface area (Å²) in [4.78, 5) is 16.8. The Labute approximate surface area is 177 Å². The van der Waals surface area contributed by atoms with Crippen LogP contribution in [0.5, 0.6) is 11.5 Å². The van der Waals surface area contributed by atoms with E-state index in [9.17, 15) is 4.79 Å². The fourth-order valence-electron chi connectivity index (χ4n) is 2.71. The summed E-state index contributed by atoms with van der Waals surface area (Å²) in [5.74, 6) is 2.62. The van der Waals surface area contributed by atoms with Crippen molar-refractivity contribution in [2.45, 2.75) is 24.9 Å². The molecule has 1 N–H and O–H groups in total. The molecule has 0 saturated carbocycles. The highest BCUT2D eigenvalue weighted by atomic mass is 32.2. The van der Waals surface area contributed by atoms with Gasteiger partial charge in [-0.25, -0.2) is 4.98 Å². The summed E-state index contributed by atoms with van der Waals surface area (Å²) >= 11 is 2.71. The van der Waals surface area contributed by atoms with Gasteiger partial charge in [0, 0.05) is 30.0 Å². The van der Waals surface area contributed by atoms with Crippen molar-refractivity contribution < 1.29 is 14.3 Å². The lowest BCUT2D eigenvalue weighted by Crippen LogP contribution is -2.14. The number of methoxy groups -OCH3 is 2. The molecule has 29 heavy (non-hydrogen) atoms. The van der Waals surface area contributed by atoms with Gasteiger partial charge in [0.25, 0.3) is 0 Å². The van der Waals surface area contributed by atoms with Crippen LogP contribution in [0.15, 0.2) is 28.7 Å². The van der Waals surface area contributed by atoms with Crippen LogP contribution in [0.25, 0.3) is 11.3 Å². The number of amides is 1. The molecular weight excluding hydrogens is 410 g/mol. The Balaban J connectivity index is 1.64. The summed E-state index contributed by atoms with van der Waals surface area (Å²) in [5, 5.41) is 14.3. The minimum absolute atomic E-state index is 0.147. The van der Waals surface area contributed by atoms with Crippen molar-refractivity contribution >= 4 is 34.1 Å². The first kappa shape index (κ1) is 21.1. The Morgan fingerprint density at radius 1 is 1.28 bits per heavy atom. The number of thiazole rings is 1. The molecule has 8 nitrogen and oxygen atoms in total. The van der Waals surface area contributed by atoms with Gasteiger partial charge >= 0.3 is 0 Å². The quantitative estimate of drug-likeness (QED) is 0.540. The molecule has 0 saturated heterocycles. The number of thioether (sulfide) groups is 1. The second-order valence-corrected chi connectivity index (χ2v) is 8.30. The summed E-state index contributed by atoms with van der Waals surface area (Å²) in [6.45, 7) is 4.12. The summed E-state index contributed by atoms with van der Waals surface area (Å²) < 4.78 is 12.6. The monoisotopic (exact) mass is 433 g/mol. The molecular formula is C19H23N5O3S2. The molecule has 2 heterocycles. The minimum Gasteiger partial charge on any atom is -0.497 e. The van der Waals surface area contributed by atoms with Gasteiger partial charge < -0.3 is 19.4 Å². The number of carbonyl (C=O) groups excluding carboxylic acids is 1. The molecule has 3 rings (SSSR count). The first-order valence-electron chi connectivity index (χ1n) is 8.92. The van der Waals surface area contributed by atoms with Crippen molar-refractivity contribution in [1.29, 1.82) is 0 Å². The number of hydrogen-bond donors (Lipinski definition) is 1. The summed E-state index contributed by atoms with van der Waals surface area (Å²) in [6, 6.07) is 5.53. The van der Waals surface area contributed by atoms with Crippen LogP contribution in [0, 0.1) is 0 Å². The smallest absolute Gasteiger partial charge is 0.236 e. The molecule has 10 heteroatoms. The largest absolute Gasteiger partial charge is 0.497 e. The van der Waals surface area contributed by atoms with Crippen LogP contribution in [0.1, 0.15) is 25.6 Å². The molecule has 0 aliphatic rings. The third-order valence-corrected chi connectivity index (χ3v) is 5.93. The predicted molar refractivity (Wildman–Crippen MR) is 115 cm³/mol. The second kappa shape index (κ2) is 9.27. The molecule has 0 radical (unpaired) electrons. The zero-order valence-electron chi connectivity index (χ0n) is 16.9. The van der Waals surface area contributed by atoms with Gasteiger partial charge in [-0.15, -0.1) is 21.5 Å². The number of anilines is 1. The van der Waals surface area contributed by atoms with Gasteiger partial charge in [0.15, 0.2) is 10.3 Å². The molecule has 0 bridgehead atoms. The van der Waals surface area contributed by atoms with Gasteiger partial charge in [-0.3, -0.25) is 4.79 Å². The second-order valence-electron chi connectivity index (χ2n) is 6.50. The number of aromatic nitrogens is 4. The van der Waals surface area contributed by atoms with E-state index >= 15 is 0 Å². The topological polar surface area (TPSA) is 91.2 Å². The Morgan fingerprint density at radius 3 is 2.72 bits per heavy atom. The first-order valence-corrected chi connectivity index (χ1v) is 10.8. The van der Waals surface area contributed by atoms with E-state index in [1.165, 1.54) is 23.1 Å². The predicted octanol–water partition coefficient (Wildman–Crippen LogP) is 3.81. The average molecular weight is 434 g/mol. The number of carbonyl (C=O) groups is 1. The maximum absolute atomic E-state index is 12.3. The normalized spacial score (nSPS) is 11.0. The Kier molecular flexibility index (Phi) is 6.75. The summed E-state index contributed by atoms with van der Waals surface area (Å²) in [7, 11) is 5.11. The van der Waals surface area contributed by atoms with Gasteiger partial charge in [-0.1, -0.05) is 25.6 Å². The molecule has 0 atom stereocenters. The lowest BCUT2D eigenvalue weighted by molar-refractivity contribution is -0.113. The molecule has 0 aliphatic carbocycles. The highest BCUT2D eigenvalue weighted by Gasteiger charge is 2.15. The van der Waals surface area contributed by atoms with Crippen molar-refractivity contribution in [2.75, 3.05) is 25.3 Å². The summed E-state index contributed by atoms with van der Waals surface area (Å²) in [5.41, 5.74) is 1.56. The third kappa shape index (κ3) is 4.88. The van der Waals surface area contributed by atoms with E-state index in [0.717, 1.165) is 17.1 Å². The van der Waals surface area contributed by atoms with E-state index in [1.54, 1.807) is 20.3 Å². The van der Waals surface area contributed by atoms with Crippen LogP contribution in [-0.4, -0.2) is 45.6 Å². The van der Waals surface area contributed by atoms with Crippen LogP contribution in [-0.2, 0) is 11.8 Å². The number of rotatable bonds is 8. The Bertz CT molecular complexity index is 1000. The zero-order chi connectivity index (χ0) is 21.0. The molecule has 1 amide bonds. The molecule has 0 spiro atoms. The molecule has 0 aliphatic heterocycles. The van der Waals surface area contributed by atoms with Crippen molar-refractivity contribution in [3.05, 3.63) is 29.4 Å². The maximum atomic E-state index is 12.3. The minimum atomic E-state index is -0.147. The van der Waals surface area contributed by atoms with Crippen LogP contribution in [0.4, 0.5) is 5.13 Å². The van der Waals surface area contributed by atoms with E-state index in [2.05, 4.69) is 34.3 Å². The molecule has 2 aromatic heterocycles. The number of hydrogen-bond acceptors (Lipinski definition) is 8. The Morgan fingerprint density at radius 2 is 2.07 bits per heavy atom. The molecule has 0 unspecified atom stereocenters. The standard InChI is InChI=1S/C19H23N5O3S2/c1-11(2)17-22-23-19(24(17)3)29-10-16(25)21-18-20-14(9-28-18)13-7-6-12(26-4)8-15(13)27-5/h6-9,11H,10H2,1-5H3,(H,20,21,25). The van der Waals surface area contributed by atoms with Gasteiger partial charge in [-0.05, 0) is 12.1 Å². The number of nitrogens with one attached hydrogen (secondary N) is 1. The van der Waals surface area contributed by atoms with E-state index < -0.39 is 0 Å². The number of benzene rings is 1. The van der Waals surface area contributed by atoms with Crippen LogP contribution >= 0.6 is 23.1 Å². The molecule has 154 valence electrons. The molecule has 1 aromatic carbocycles. The van der Waals surface area contributed by atoms with Gasteiger partial charge in [0.05, 0.1) is 25.7 Å². The van der Waals surface area contributed by atoms with Gasteiger partial charge in [-0.2, -0.15) is 0 Å². The zero-order valence-corrected chi connectivity index (χ0v) is 18.6. The van der Waals surface area contributed by atoms with E-state index in [1.807, 2.05) is 29.1 Å². The Hall–Kier alpha value is -2.59. The lowest BCUT2D eigenvalue weighted by atomic mass is 10.1. The van der Waals surface area contributed by atoms with Crippen molar-refractivity contribution in [3.63, 3.8) is 0 Å². The van der Waals surface area contributed by atoms with Gasteiger partial charge in [0.1, 0.15) is 17.3 Å². The van der Waals surface area contributed by atoms with Crippen LogP contribution in [0.3, 0.4) is 0 Å². The van der Waals surface area contributed by atoms with Crippen LogP contribution in [0.2, 0.25) is 0 Å². The highest BCUT2D eigenvalue weighted by Crippen LogP contribution is 2.34. The first-order chi connectivity index (χ1) is 13.9. The van der Waals surface area contributed by atoms with Crippen molar-refractivity contribution in [3.8, 4) is 22.8 Å². The third-order valence-electron chi connectivity index (χ3n) is 4.15. The van der Waals surface area contributed by atoms with Crippen molar-refractivity contribution in [1.82, 2.24) is 19.7 Å². The van der Waals surface area contributed by atoms with Crippen LogP contribution < -0.4 is 14.8 Å².